The van der Waals surface area contributed by atoms with E-state index in [9.17, 15) is 9.59 Å². The molecule has 0 saturated heterocycles. The monoisotopic (exact) mass is 402 g/mol. The molecule has 1 fully saturated rings. The number of hydrogen-bond donors (Lipinski definition) is 1. The second-order valence-electron chi connectivity index (χ2n) is 8.95. The first-order chi connectivity index (χ1) is 13.2. The number of benzene rings is 1. The number of esters is 1. The number of amides is 1. The number of aromatic nitrogens is 1. The maximum atomic E-state index is 12.5. The quantitative estimate of drug-likeness (QED) is 0.715. The molecule has 1 aromatic carbocycles. The first kappa shape index (κ1) is 20.8. The maximum Gasteiger partial charge on any atom is 0.306 e. The van der Waals surface area contributed by atoms with E-state index in [1.165, 1.54) is 11.1 Å². The molecule has 1 aliphatic rings. The topological polar surface area (TPSA) is 68.3 Å². The Hall–Kier alpha value is -1.95. The molecule has 5 nitrogen and oxygen atoms in total. The summed E-state index contributed by atoms with van der Waals surface area (Å²) in [7, 11) is 0. The largest absolute Gasteiger partial charge is 0.456 e. The number of nitrogens with zero attached hydrogens (tertiary/aromatic N) is 1. The molecule has 0 spiro atoms. The molecule has 0 bridgehead atoms. The Labute approximate surface area is 170 Å². The summed E-state index contributed by atoms with van der Waals surface area (Å²) in [6.45, 7) is 5.50. The first-order valence-electron chi connectivity index (χ1n) is 10.1. The van der Waals surface area contributed by atoms with Gasteiger partial charge in [-0.15, -0.1) is 11.3 Å². The second kappa shape index (κ2) is 8.60. The maximum absolute atomic E-state index is 12.5. The van der Waals surface area contributed by atoms with Crippen LogP contribution < -0.4 is 5.32 Å². The summed E-state index contributed by atoms with van der Waals surface area (Å²) >= 11 is 1.71. The number of carbonyl (C=O) groups excluding carboxylic acids is 2. The number of thiazole rings is 1. The molecule has 1 N–H and O–H groups in total. The summed E-state index contributed by atoms with van der Waals surface area (Å²) < 4.78 is 6.49. The van der Waals surface area contributed by atoms with Crippen molar-refractivity contribution in [3.8, 4) is 0 Å². The van der Waals surface area contributed by atoms with Crippen LogP contribution >= 0.6 is 11.3 Å². The fourth-order valence-corrected chi connectivity index (χ4v) is 5.13. The van der Waals surface area contributed by atoms with Crippen LogP contribution in [0, 0.1) is 5.41 Å². The van der Waals surface area contributed by atoms with Crippen molar-refractivity contribution in [2.24, 2.45) is 5.41 Å². The number of fused-ring (bicyclic) bond motifs is 1. The third-order valence-electron chi connectivity index (χ3n) is 5.18. The van der Waals surface area contributed by atoms with Gasteiger partial charge in [-0.25, -0.2) is 4.98 Å². The second-order valence-corrected chi connectivity index (χ2v) is 10.1. The van der Waals surface area contributed by atoms with Gasteiger partial charge in [0.15, 0.2) is 6.61 Å². The molecule has 1 amide bonds. The van der Waals surface area contributed by atoms with Gasteiger partial charge in [0.25, 0.3) is 5.91 Å². The zero-order chi connectivity index (χ0) is 20.2. The summed E-state index contributed by atoms with van der Waals surface area (Å²) in [5, 5.41) is 3.90. The van der Waals surface area contributed by atoms with Gasteiger partial charge in [-0.1, -0.05) is 31.4 Å². The molecule has 1 saturated carbocycles. The molecule has 2 aromatic rings. The molecule has 0 unspecified atom stereocenters. The minimum Gasteiger partial charge on any atom is -0.456 e. The average Bonchev–Trinajstić information content (AvgIpc) is 3.01. The number of hydrogen-bond acceptors (Lipinski definition) is 5. The molecule has 1 aliphatic carbocycles. The highest BCUT2D eigenvalue weighted by atomic mass is 32.1. The molecule has 0 radical (unpaired) electrons. The predicted molar refractivity (Wildman–Crippen MR) is 112 cm³/mol. The zero-order valence-electron chi connectivity index (χ0n) is 17.0. The lowest BCUT2D eigenvalue weighted by molar-refractivity contribution is -0.151. The van der Waals surface area contributed by atoms with E-state index in [2.05, 4.69) is 11.4 Å². The predicted octanol–water partition coefficient (Wildman–Crippen LogP) is 4.64. The Morgan fingerprint density at radius 3 is 2.57 bits per heavy atom. The van der Waals surface area contributed by atoms with Crippen molar-refractivity contribution in [1.29, 1.82) is 0 Å². The van der Waals surface area contributed by atoms with Gasteiger partial charge in [0.05, 0.1) is 21.6 Å². The molecular weight excluding hydrogens is 372 g/mol. The average molecular weight is 403 g/mol. The number of nitrogens with one attached hydrogen (secondary N) is 1. The fraction of sp³-hybridized carbons (Fsp3) is 0.591. The Kier molecular flexibility index (Phi) is 6.38. The summed E-state index contributed by atoms with van der Waals surface area (Å²) in [6.07, 6.45) is 6.63. The molecule has 3 rings (SSSR count). The zero-order valence-corrected chi connectivity index (χ0v) is 17.9. The molecular formula is C22H30N2O3S. The van der Waals surface area contributed by atoms with E-state index in [0.717, 1.165) is 42.6 Å². The smallest absolute Gasteiger partial charge is 0.306 e. The highest BCUT2D eigenvalue weighted by Crippen LogP contribution is 2.43. The van der Waals surface area contributed by atoms with Crippen LogP contribution in [0.5, 0.6) is 0 Å². The summed E-state index contributed by atoms with van der Waals surface area (Å²) in [5.74, 6) is -0.545. The van der Waals surface area contributed by atoms with Gasteiger partial charge in [0.1, 0.15) is 0 Å². The van der Waals surface area contributed by atoms with Crippen LogP contribution in [0.1, 0.15) is 64.3 Å². The van der Waals surface area contributed by atoms with Gasteiger partial charge >= 0.3 is 5.97 Å². The fourth-order valence-electron chi connectivity index (χ4n) is 3.99. The van der Waals surface area contributed by atoms with Crippen LogP contribution in [-0.4, -0.2) is 29.0 Å². The van der Waals surface area contributed by atoms with E-state index in [0.29, 0.717) is 6.42 Å². The highest BCUT2D eigenvalue weighted by molar-refractivity contribution is 7.18. The van der Waals surface area contributed by atoms with E-state index in [-0.39, 0.29) is 29.4 Å². The molecule has 1 aromatic heterocycles. The van der Waals surface area contributed by atoms with Crippen molar-refractivity contribution >= 4 is 33.4 Å². The van der Waals surface area contributed by atoms with Gasteiger partial charge in [0.2, 0.25) is 0 Å². The van der Waals surface area contributed by atoms with Gasteiger partial charge in [-0.3, -0.25) is 9.59 Å². The normalized spacial score (nSPS) is 16.7. The van der Waals surface area contributed by atoms with E-state index < -0.39 is 0 Å². The van der Waals surface area contributed by atoms with E-state index >= 15 is 0 Å². The van der Waals surface area contributed by atoms with Crippen molar-refractivity contribution < 1.29 is 14.3 Å². The molecule has 0 aliphatic heterocycles. The van der Waals surface area contributed by atoms with Crippen LogP contribution in [0.3, 0.4) is 0 Å². The molecule has 1 heterocycles. The number of carbonyl (C=O) groups is 2. The lowest BCUT2D eigenvalue weighted by Crippen LogP contribution is -2.43. The van der Waals surface area contributed by atoms with Gasteiger partial charge < -0.3 is 10.1 Å². The highest BCUT2D eigenvalue weighted by Gasteiger charge is 2.36. The minimum absolute atomic E-state index is 0.107. The van der Waals surface area contributed by atoms with Gasteiger partial charge in [0, 0.05) is 12.0 Å². The van der Waals surface area contributed by atoms with Crippen LogP contribution in [0.2, 0.25) is 0 Å². The Bertz CT molecular complexity index is 799. The third-order valence-corrected chi connectivity index (χ3v) is 6.21. The van der Waals surface area contributed by atoms with E-state index in [1.54, 1.807) is 11.3 Å². The van der Waals surface area contributed by atoms with E-state index in [4.69, 9.17) is 9.72 Å². The number of para-hydroxylation sites is 1. The molecule has 6 heteroatoms. The van der Waals surface area contributed by atoms with Crippen molar-refractivity contribution in [1.82, 2.24) is 10.3 Å². The minimum atomic E-state index is -0.332. The lowest BCUT2D eigenvalue weighted by atomic mass is 9.70. The Morgan fingerprint density at radius 2 is 1.89 bits per heavy atom. The van der Waals surface area contributed by atoms with Gasteiger partial charge in [-0.2, -0.15) is 0 Å². The van der Waals surface area contributed by atoms with Gasteiger partial charge in [-0.05, 0) is 51.2 Å². The molecule has 28 heavy (non-hydrogen) atoms. The van der Waals surface area contributed by atoms with Crippen molar-refractivity contribution in [3.63, 3.8) is 0 Å². The number of ether oxygens (including phenoxy) is 1. The van der Waals surface area contributed by atoms with E-state index in [1.807, 2.05) is 39.0 Å². The SMILES string of the molecule is CC(C)(C)NC(=O)COC(=O)CC1(Cc2nc3ccccc3s2)CCCCC1. The lowest BCUT2D eigenvalue weighted by Gasteiger charge is -2.36. The Morgan fingerprint density at radius 1 is 1.18 bits per heavy atom. The standard InChI is InChI=1S/C22H30N2O3S/c1-21(2,3)24-18(25)15-27-20(26)14-22(11-7-4-8-12-22)13-19-23-16-9-5-6-10-17(16)28-19/h5-6,9-10H,4,7-8,11-15H2,1-3H3,(H,24,25). The van der Waals surface area contributed by atoms with Crippen molar-refractivity contribution in [2.45, 2.75) is 71.3 Å². The summed E-state index contributed by atoms with van der Waals surface area (Å²) in [4.78, 5) is 29.2. The summed E-state index contributed by atoms with van der Waals surface area (Å²) in [5.41, 5.74) is 0.583. The van der Waals surface area contributed by atoms with Crippen LogP contribution in [0.15, 0.2) is 24.3 Å². The third kappa shape index (κ3) is 5.77. The van der Waals surface area contributed by atoms with Crippen LogP contribution in [-0.2, 0) is 20.7 Å². The van der Waals surface area contributed by atoms with Crippen molar-refractivity contribution in [3.05, 3.63) is 29.3 Å². The Balaban J connectivity index is 1.64. The summed E-state index contributed by atoms with van der Waals surface area (Å²) in [6, 6.07) is 8.15. The van der Waals surface area contributed by atoms with Crippen LogP contribution in [0.25, 0.3) is 10.2 Å². The molecule has 152 valence electrons. The van der Waals surface area contributed by atoms with Crippen LogP contribution in [0.4, 0.5) is 0 Å². The molecule has 0 atom stereocenters. The number of rotatable bonds is 6. The van der Waals surface area contributed by atoms with Crippen molar-refractivity contribution in [2.75, 3.05) is 6.61 Å². The first-order valence-corrected chi connectivity index (χ1v) is 10.9.